The number of hydrogen-bond acceptors (Lipinski definition) is 8. The summed E-state index contributed by atoms with van der Waals surface area (Å²) in [6, 6.07) is 1.18. The predicted molar refractivity (Wildman–Crippen MR) is 69.3 cm³/mol. The molecule has 9 nitrogen and oxygen atoms in total. The summed E-state index contributed by atoms with van der Waals surface area (Å²) in [5.41, 5.74) is 5.94. The van der Waals surface area contributed by atoms with Crippen molar-refractivity contribution in [1.29, 1.82) is 0 Å². The Morgan fingerprint density at radius 2 is 2.00 bits per heavy atom. The number of fused-ring (bicyclic) bond motifs is 1. The van der Waals surface area contributed by atoms with Gasteiger partial charge in [0.05, 0.1) is 6.20 Å². The minimum absolute atomic E-state index is 0.0535. The van der Waals surface area contributed by atoms with E-state index in [1.54, 1.807) is 0 Å². The second-order valence-electron chi connectivity index (χ2n) is 4.18. The standard InChI is InChI=1S/C10H8FN7O2S/c1-21(19,20)10-15-8(12)18-9(16-10)14-7(17-18)5-2-6(11)4-13-3-5/h2-4H,1H3,(H2,12,14,15,16,17). The van der Waals surface area contributed by atoms with Crippen LogP contribution < -0.4 is 5.73 Å². The van der Waals surface area contributed by atoms with E-state index in [1.165, 1.54) is 12.3 Å². The number of rotatable bonds is 2. The Bertz CT molecular complexity index is 953. The molecule has 0 aliphatic rings. The van der Waals surface area contributed by atoms with Crippen LogP contribution in [0.1, 0.15) is 0 Å². The quantitative estimate of drug-likeness (QED) is 0.683. The van der Waals surface area contributed by atoms with Gasteiger partial charge in [-0.15, -0.1) is 5.10 Å². The highest BCUT2D eigenvalue weighted by molar-refractivity contribution is 7.90. The zero-order valence-electron chi connectivity index (χ0n) is 10.6. The van der Waals surface area contributed by atoms with Crippen molar-refractivity contribution in [3.8, 4) is 11.4 Å². The molecule has 0 bridgehead atoms. The summed E-state index contributed by atoms with van der Waals surface area (Å²) in [4.78, 5) is 15.1. The van der Waals surface area contributed by atoms with Crippen molar-refractivity contribution in [3.05, 3.63) is 24.3 Å². The van der Waals surface area contributed by atoms with Gasteiger partial charge in [-0.05, 0) is 6.07 Å². The molecule has 3 rings (SSSR count). The van der Waals surface area contributed by atoms with Crippen LogP contribution in [-0.2, 0) is 9.84 Å². The van der Waals surface area contributed by atoms with Crippen molar-refractivity contribution in [1.82, 2.24) is 29.5 Å². The number of nitrogens with zero attached hydrogens (tertiary/aromatic N) is 6. The molecule has 108 valence electrons. The van der Waals surface area contributed by atoms with E-state index in [-0.39, 0.29) is 17.6 Å². The first-order valence-electron chi connectivity index (χ1n) is 5.56. The monoisotopic (exact) mass is 309 g/mol. The maximum Gasteiger partial charge on any atom is 0.258 e. The van der Waals surface area contributed by atoms with E-state index < -0.39 is 20.8 Å². The van der Waals surface area contributed by atoms with Gasteiger partial charge in [-0.25, -0.2) is 12.8 Å². The molecule has 3 aromatic rings. The largest absolute Gasteiger partial charge is 0.368 e. The molecule has 11 heteroatoms. The molecule has 0 fully saturated rings. The molecule has 0 radical (unpaired) electrons. The van der Waals surface area contributed by atoms with Crippen molar-refractivity contribution in [2.75, 3.05) is 12.0 Å². The number of anilines is 1. The third kappa shape index (κ3) is 2.38. The summed E-state index contributed by atoms with van der Waals surface area (Å²) in [5.74, 6) is -0.693. The van der Waals surface area contributed by atoms with Crippen LogP contribution in [0.25, 0.3) is 17.2 Å². The van der Waals surface area contributed by atoms with Gasteiger partial charge in [0.1, 0.15) is 5.82 Å². The summed E-state index contributed by atoms with van der Waals surface area (Å²) in [6.45, 7) is 0. The smallest absolute Gasteiger partial charge is 0.258 e. The summed E-state index contributed by atoms with van der Waals surface area (Å²) < 4.78 is 37.1. The highest BCUT2D eigenvalue weighted by Gasteiger charge is 2.17. The highest BCUT2D eigenvalue weighted by atomic mass is 32.2. The lowest BCUT2D eigenvalue weighted by molar-refractivity contribution is 0.592. The fraction of sp³-hybridized carbons (Fsp3) is 0.100. The molecular formula is C10H8FN7O2S. The van der Waals surface area contributed by atoms with Gasteiger partial charge in [-0.3, -0.25) is 4.98 Å². The molecule has 0 spiro atoms. The molecule has 3 heterocycles. The Morgan fingerprint density at radius 3 is 2.67 bits per heavy atom. The van der Waals surface area contributed by atoms with Gasteiger partial charge in [0.25, 0.3) is 10.9 Å². The van der Waals surface area contributed by atoms with Crippen molar-refractivity contribution < 1.29 is 12.8 Å². The SMILES string of the molecule is CS(=O)(=O)c1nc(N)n2nc(-c3cncc(F)c3)nc2n1. The first-order valence-corrected chi connectivity index (χ1v) is 7.45. The van der Waals surface area contributed by atoms with Crippen LogP contribution in [0.3, 0.4) is 0 Å². The van der Waals surface area contributed by atoms with Crippen LogP contribution in [0.4, 0.5) is 10.3 Å². The number of sulfone groups is 1. The second-order valence-corrected chi connectivity index (χ2v) is 6.09. The van der Waals surface area contributed by atoms with Gasteiger partial charge in [0.2, 0.25) is 15.8 Å². The Kier molecular flexibility index (Phi) is 2.79. The van der Waals surface area contributed by atoms with Gasteiger partial charge < -0.3 is 5.73 Å². The minimum Gasteiger partial charge on any atom is -0.368 e. The lowest BCUT2D eigenvalue weighted by atomic mass is 10.3. The molecule has 0 aliphatic heterocycles. The van der Waals surface area contributed by atoms with Gasteiger partial charge in [0, 0.05) is 18.0 Å². The second kappa shape index (κ2) is 4.41. The highest BCUT2D eigenvalue weighted by Crippen LogP contribution is 2.17. The van der Waals surface area contributed by atoms with Gasteiger partial charge in [-0.1, -0.05) is 0 Å². The normalized spacial score (nSPS) is 11.9. The molecule has 2 N–H and O–H groups in total. The Labute approximate surface area is 117 Å². The van der Waals surface area contributed by atoms with Crippen molar-refractivity contribution >= 4 is 21.6 Å². The van der Waals surface area contributed by atoms with Crippen LogP contribution in [0.15, 0.2) is 23.6 Å². The van der Waals surface area contributed by atoms with Crippen LogP contribution >= 0.6 is 0 Å². The summed E-state index contributed by atoms with van der Waals surface area (Å²) in [7, 11) is -3.63. The summed E-state index contributed by atoms with van der Waals surface area (Å²) in [5, 5.41) is 3.55. The molecular weight excluding hydrogens is 301 g/mol. The fourth-order valence-corrected chi connectivity index (χ4v) is 2.11. The molecule has 0 saturated carbocycles. The molecule has 0 amide bonds. The number of pyridine rings is 1. The number of aromatic nitrogens is 6. The van der Waals surface area contributed by atoms with Gasteiger partial charge in [0.15, 0.2) is 5.82 Å². The third-order valence-corrected chi connectivity index (χ3v) is 3.35. The predicted octanol–water partition coefficient (Wildman–Crippen LogP) is -0.294. The van der Waals surface area contributed by atoms with Crippen molar-refractivity contribution in [2.24, 2.45) is 0 Å². The molecule has 0 saturated heterocycles. The van der Waals surface area contributed by atoms with Gasteiger partial charge in [-0.2, -0.15) is 19.5 Å². The van der Waals surface area contributed by atoms with Crippen LogP contribution in [0, 0.1) is 5.82 Å². The molecule has 0 aliphatic carbocycles. The van der Waals surface area contributed by atoms with E-state index in [0.717, 1.165) is 17.0 Å². The molecule has 0 aromatic carbocycles. The lowest BCUT2D eigenvalue weighted by Crippen LogP contribution is -2.11. The molecule has 3 aromatic heterocycles. The number of nitrogens with two attached hydrogens (primary N) is 1. The molecule has 0 atom stereocenters. The number of hydrogen-bond donors (Lipinski definition) is 1. The van der Waals surface area contributed by atoms with Crippen LogP contribution in [0.5, 0.6) is 0 Å². The maximum absolute atomic E-state index is 13.2. The van der Waals surface area contributed by atoms with Crippen LogP contribution in [-0.4, -0.2) is 44.2 Å². The maximum atomic E-state index is 13.2. The minimum atomic E-state index is -3.63. The summed E-state index contributed by atoms with van der Waals surface area (Å²) in [6.07, 6.45) is 3.35. The first-order chi connectivity index (χ1) is 9.84. The zero-order chi connectivity index (χ0) is 15.2. The average molecular weight is 309 g/mol. The molecule has 21 heavy (non-hydrogen) atoms. The van der Waals surface area contributed by atoms with Crippen molar-refractivity contribution in [3.63, 3.8) is 0 Å². The third-order valence-electron chi connectivity index (χ3n) is 2.51. The first kappa shape index (κ1) is 13.3. The zero-order valence-corrected chi connectivity index (χ0v) is 11.4. The van der Waals surface area contributed by atoms with E-state index in [1.807, 2.05) is 0 Å². The van der Waals surface area contributed by atoms with Crippen molar-refractivity contribution in [2.45, 2.75) is 5.16 Å². The van der Waals surface area contributed by atoms with E-state index in [2.05, 4.69) is 25.0 Å². The Morgan fingerprint density at radius 1 is 1.24 bits per heavy atom. The van der Waals surface area contributed by atoms with E-state index in [4.69, 9.17) is 5.73 Å². The fourth-order valence-electron chi connectivity index (χ4n) is 1.61. The topological polar surface area (TPSA) is 129 Å². The van der Waals surface area contributed by atoms with E-state index in [0.29, 0.717) is 5.56 Å². The summed E-state index contributed by atoms with van der Waals surface area (Å²) >= 11 is 0. The Hall–Kier alpha value is -2.69. The van der Waals surface area contributed by atoms with E-state index >= 15 is 0 Å². The van der Waals surface area contributed by atoms with E-state index in [9.17, 15) is 12.8 Å². The van der Waals surface area contributed by atoms with Crippen LogP contribution in [0.2, 0.25) is 0 Å². The molecule has 0 unspecified atom stereocenters. The average Bonchev–Trinajstić information content (AvgIpc) is 2.82. The van der Waals surface area contributed by atoms with Gasteiger partial charge >= 0.3 is 0 Å². The Balaban J connectivity index is 2.23. The number of nitrogen functional groups attached to an aromatic ring is 1. The number of halogens is 1. The lowest BCUT2D eigenvalue weighted by Gasteiger charge is -1.99.